The van der Waals surface area contributed by atoms with Gasteiger partial charge in [-0.25, -0.2) is 18.0 Å². The summed E-state index contributed by atoms with van der Waals surface area (Å²) in [6.07, 6.45) is 0.422. The number of rotatable bonds is 2. The van der Waals surface area contributed by atoms with Crippen LogP contribution in [0.15, 0.2) is 0 Å². The molecule has 0 saturated heterocycles. The second-order valence-corrected chi connectivity index (χ2v) is 4.48. The van der Waals surface area contributed by atoms with E-state index < -0.39 is 45.7 Å². The molecule has 0 unspecified atom stereocenters. The Labute approximate surface area is 102 Å². The summed E-state index contributed by atoms with van der Waals surface area (Å²) < 4.78 is 68.7. The van der Waals surface area contributed by atoms with Crippen LogP contribution in [0.2, 0.25) is 0 Å². The van der Waals surface area contributed by atoms with Gasteiger partial charge in [0, 0.05) is 0 Å². The molecule has 0 heterocycles. The smallest absolute Gasteiger partial charge is 0.332 e. The van der Waals surface area contributed by atoms with E-state index in [1.807, 2.05) is 0 Å². The molecule has 0 spiro atoms. The van der Waals surface area contributed by atoms with Crippen molar-refractivity contribution in [3.05, 3.63) is 29.1 Å². The van der Waals surface area contributed by atoms with Gasteiger partial charge in [0.05, 0.1) is 0 Å². The maximum Gasteiger partial charge on any atom is 0.332 e. The molecule has 1 aromatic rings. The van der Waals surface area contributed by atoms with E-state index in [9.17, 15) is 26.7 Å². The Morgan fingerprint density at radius 3 is 1.72 bits per heavy atom. The lowest BCUT2D eigenvalue weighted by molar-refractivity contribution is -0.135. The van der Waals surface area contributed by atoms with Gasteiger partial charge in [-0.1, -0.05) is 0 Å². The van der Waals surface area contributed by atoms with Crippen molar-refractivity contribution in [1.29, 1.82) is 0 Å². The minimum atomic E-state index is -2.32. The lowest BCUT2D eigenvalue weighted by Gasteiger charge is -2.10. The molecular formula is C10H4ClF5O2. The average molecular weight is 287 g/mol. The van der Waals surface area contributed by atoms with E-state index >= 15 is 0 Å². The van der Waals surface area contributed by atoms with Crippen molar-refractivity contribution in [2.75, 3.05) is 0 Å². The van der Waals surface area contributed by atoms with Gasteiger partial charge in [0.25, 0.3) is 0 Å². The number of esters is 1. The molecule has 1 aliphatic rings. The molecule has 0 bridgehead atoms. The second-order valence-electron chi connectivity index (χ2n) is 3.75. The van der Waals surface area contributed by atoms with Gasteiger partial charge < -0.3 is 4.74 Å². The number of ether oxygens (including phenoxy) is 1. The van der Waals surface area contributed by atoms with E-state index in [1.54, 1.807) is 0 Å². The molecule has 2 nitrogen and oxygen atoms in total. The standard InChI is InChI=1S/C10H4ClF5O2/c11-10(1-2-10)9(17)18-8-6(15)4(13)3(12)5(14)7(8)16/h1-2H2. The van der Waals surface area contributed by atoms with Crippen LogP contribution in [0.4, 0.5) is 22.0 Å². The molecule has 2 rings (SSSR count). The zero-order chi connectivity index (χ0) is 13.7. The highest BCUT2D eigenvalue weighted by molar-refractivity contribution is 6.36. The van der Waals surface area contributed by atoms with Crippen LogP contribution in [-0.2, 0) is 4.79 Å². The third-order valence-corrected chi connectivity index (χ3v) is 2.95. The SMILES string of the molecule is O=C(Oc1c(F)c(F)c(F)c(F)c1F)C1(Cl)CC1. The first-order valence-corrected chi connectivity index (χ1v) is 5.08. The molecule has 1 fully saturated rings. The molecule has 0 amide bonds. The molecule has 8 heteroatoms. The lowest BCUT2D eigenvalue weighted by Crippen LogP contribution is -2.23. The fraction of sp³-hybridized carbons (Fsp3) is 0.300. The molecule has 1 aliphatic carbocycles. The third-order valence-electron chi connectivity index (χ3n) is 2.42. The summed E-state index contributed by atoms with van der Waals surface area (Å²) >= 11 is 5.58. The van der Waals surface area contributed by atoms with Crippen LogP contribution >= 0.6 is 11.6 Å². The quantitative estimate of drug-likeness (QED) is 0.209. The largest absolute Gasteiger partial charge is 0.419 e. The molecular weight excluding hydrogens is 283 g/mol. The molecule has 18 heavy (non-hydrogen) atoms. The molecule has 0 aliphatic heterocycles. The Balaban J connectivity index is 2.42. The van der Waals surface area contributed by atoms with E-state index in [0.29, 0.717) is 0 Å². The number of alkyl halides is 1. The molecule has 0 aromatic heterocycles. The maximum absolute atomic E-state index is 13.1. The van der Waals surface area contributed by atoms with Crippen molar-refractivity contribution in [2.24, 2.45) is 0 Å². The summed E-state index contributed by atoms with van der Waals surface area (Å²) in [5.74, 6) is -14.0. The van der Waals surface area contributed by atoms with Crippen molar-refractivity contribution in [3.8, 4) is 5.75 Å². The Bertz CT molecular complexity index is 513. The summed E-state index contributed by atoms with van der Waals surface area (Å²) in [5, 5.41) is 0. The molecule has 1 aromatic carbocycles. The minimum absolute atomic E-state index is 0.211. The predicted molar refractivity (Wildman–Crippen MR) is 49.7 cm³/mol. The van der Waals surface area contributed by atoms with Crippen LogP contribution in [0.5, 0.6) is 5.75 Å². The van der Waals surface area contributed by atoms with Crippen LogP contribution in [0.1, 0.15) is 12.8 Å². The monoisotopic (exact) mass is 286 g/mol. The number of carbonyl (C=O) groups excluding carboxylic acids is 1. The summed E-state index contributed by atoms with van der Waals surface area (Å²) in [7, 11) is 0. The number of hydrogen-bond donors (Lipinski definition) is 0. The molecule has 0 radical (unpaired) electrons. The van der Waals surface area contributed by atoms with Crippen LogP contribution in [0.25, 0.3) is 0 Å². The Kier molecular flexibility index (Phi) is 2.96. The Hall–Kier alpha value is -1.37. The molecule has 98 valence electrons. The maximum atomic E-state index is 13.1. The van der Waals surface area contributed by atoms with Gasteiger partial charge in [0.15, 0.2) is 0 Å². The zero-order valence-electron chi connectivity index (χ0n) is 8.50. The number of hydrogen-bond acceptors (Lipinski definition) is 2. The highest BCUT2D eigenvalue weighted by Gasteiger charge is 2.50. The fourth-order valence-electron chi connectivity index (χ4n) is 1.17. The van der Waals surface area contributed by atoms with Crippen molar-refractivity contribution >= 4 is 17.6 Å². The van der Waals surface area contributed by atoms with E-state index in [-0.39, 0.29) is 12.8 Å². The van der Waals surface area contributed by atoms with Crippen LogP contribution in [-0.4, -0.2) is 10.8 Å². The molecule has 1 saturated carbocycles. The summed E-state index contributed by atoms with van der Waals surface area (Å²) in [6, 6.07) is 0. The van der Waals surface area contributed by atoms with E-state index in [4.69, 9.17) is 11.6 Å². The van der Waals surface area contributed by atoms with E-state index in [0.717, 1.165) is 0 Å². The van der Waals surface area contributed by atoms with Gasteiger partial charge in [0.1, 0.15) is 4.87 Å². The first kappa shape index (κ1) is 13.1. The third kappa shape index (κ3) is 1.92. The molecule has 0 atom stereocenters. The van der Waals surface area contributed by atoms with Crippen LogP contribution in [0, 0.1) is 29.1 Å². The van der Waals surface area contributed by atoms with Gasteiger partial charge in [-0.05, 0) is 12.8 Å². The van der Waals surface area contributed by atoms with Crippen LogP contribution in [0.3, 0.4) is 0 Å². The van der Waals surface area contributed by atoms with Crippen LogP contribution < -0.4 is 4.74 Å². The van der Waals surface area contributed by atoms with Gasteiger partial charge in [-0.2, -0.15) is 8.78 Å². The topological polar surface area (TPSA) is 26.3 Å². The Morgan fingerprint density at radius 2 is 1.33 bits per heavy atom. The van der Waals surface area contributed by atoms with Gasteiger partial charge in [-0.15, -0.1) is 11.6 Å². The van der Waals surface area contributed by atoms with Gasteiger partial charge >= 0.3 is 5.97 Å². The van der Waals surface area contributed by atoms with Crippen molar-refractivity contribution in [1.82, 2.24) is 0 Å². The summed E-state index contributed by atoms with van der Waals surface area (Å²) in [6.45, 7) is 0. The predicted octanol–water partition coefficient (Wildman–Crippen LogP) is 3.06. The Morgan fingerprint density at radius 1 is 0.944 bits per heavy atom. The highest BCUT2D eigenvalue weighted by atomic mass is 35.5. The average Bonchev–Trinajstić information content (AvgIpc) is 3.09. The second kappa shape index (κ2) is 4.08. The summed E-state index contributed by atoms with van der Waals surface area (Å²) in [5.41, 5.74) is 0. The van der Waals surface area contributed by atoms with Crippen molar-refractivity contribution in [2.45, 2.75) is 17.7 Å². The zero-order valence-corrected chi connectivity index (χ0v) is 9.25. The molecule has 0 N–H and O–H groups in total. The van der Waals surface area contributed by atoms with E-state index in [1.165, 1.54) is 0 Å². The van der Waals surface area contributed by atoms with E-state index in [2.05, 4.69) is 4.74 Å². The number of halogens is 6. The highest BCUT2D eigenvalue weighted by Crippen LogP contribution is 2.44. The normalized spacial score (nSPS) is 16.6. The minimum Gasteiger partial charge on any atom is -0.419 e. The summed E-state index contributed by atoms with van der Waals surface area (Å²) in [4.78, 5) is 9.85. The first-order valence-electron chi connectivity index (χ1n) is 4.70. The number of carbonyl (C=O) groups is 1. The van der Waals surface area contributed by atoms with Crippen molar-refractivity contribution in [3.63, 3.8) is 0 Å². The first-order chi connectivity index (χ1) is 8.28. The lowest BCUT2D eigenvalue weighted by atomic mass is 10.2. The van der Waals surface area contributed by atoms with Gasteiger partial charge in [-0.3, -0.25) is 0 Å². The van der Waals surface area contributed by atoms with Crippen molar-refractivity contribution < 1.29 is 31.5 Å². The number of benzene rings is 1. The fourth-order valence-corrected chi connectivity index (χ4v) is 1.31. The van der Waals surface area contributed by atoms with Gasteiger partial charge in [0.2, 0.25) is 34.8 Å².